The van der Waals surface area contributed by atoms with Gasteiger partial charge in [0, 0.05) is 25.6 Å². The fourth-order valence-corrected chi connectivity index (χ4v) is 2.82. The van der Waals surface area contributed by atoms with E-state index in [1.165, 1.54) is 35.3 Å². The summed E-state index contributed by atoms with van der Waals surface area (Å²) in [4.78, 5) is 25.2. The van der Waals surface area contributed by atoms with Crippen LogP contribution in [-0.2, 0) is 7.05 Å². The Bertz CT molecular complexity index is 1410. The Hall–Kier alpha value is -4.48. The number of rotatable bonds is 2. The minimum Gasteiger partial charge on any atom is -0.461 e. The average molecular weight is 391 g/mol. The molecule has 5 rings (SSSR count). The van der Waals surface area contributed by atoms with Gasteiger partial charge in [-0.2, -0.15) is 19.6 Å². The Morgan fingerprint density at radius 1 is 1.21 bits per heavy atom. The molecule has 12 heteroatoms. The van der Waals surface area contributed by atoms with Gasteiger partial charge in [0.25, 0.3) is 0 Å². The second-order valence-corrected chi connectivity index (χ2v) is 6.10. The van der Waals surface area contributed by atoms with E-state index in [4.69, 9.17) is 4.42 Å². The van der Waals surface area contributed by atoms with Crippen LogP contribution >= 0.6 is 0 Å². The summed E-state index contributed by atoms with van der Waals surface area (Å²) in [5.41, 5.74) is 0.862. The average Bonchev–Trinajstić information content (AvgIpc) is 3.41. The van der Waals surface area contributed by atoms with Crippen LogP contribution in [0.25, 0.3) is 28.3 Å². The van der Waals surface area contributed by atoms with E-state index in [0.717, 1.165) is 4.73 Å². The van der Waals surface area contributed by atoms with Crippen molar-refractivity contribution in [2.45, 2.75) is 0 Å². The molecule has 0 atom stereocenters. The highest BCUT2D eigenvalue weighted by atomic mass is 16.5. The molecule has 0 saturated heterocycles. The van der Waals surface area contributed by atoms with E-state index in [2.05, 4.69) is 30.5 Å². The highest BCUT2D eigenvalue weighted by Gasteiger charge is 2.18. The number of furan rings is 1. The Kier molecular flexibility index (Phi) is 3.62. The van der Waals surface area contributed by atoms with Gasteiger partial charge < -0.3 is 9.62 Å². The van der Waals surface area contributed by atoms with Gasteiger partial charge in [0.1, 0.15) is 0 Å². The lowest BCUT2D eigenvalue weighted by molar-refractivity contribution is 0.184. The predicted octanol–water partition coefficient (Wildman–Crippen LogP) is 1.44. The molecule has 0 aliphatic rings. The standard InChI is InChI=1S/C17H13N9O3/c1-24-9-11-13(22-24)20-16(21-17(27)18-10-4-6-25(28)7-5-10)26-15(11)19-14(23-26)12-3-2-8-29-12/h2-9,28H,1H3,(H,20,21,22,27). The number of fused-ring (bicyclic) bond motifs is 3. The third kappa shape index (κ3) is 2.97. The van der Waals surface area contributed by atoms with Crippen molar-refractivity contribution in [3.8, 4) is 11.6 Å². The molecule has 144 valence electrons. The number of carbonyl (C=O) groups excluding carboxylic acids is 1. The summed E-state index contributed by atoms with van der Waals surface area (Å²) in [6.45, 7) is 0. The van der Waals surface area contributed by atoms with Crippen LogP contribution in [0.15, 0.2) is 58.5 Å². The van der Waals surface area contributed by atoms with Crippen molar-refractivity contribution in [3.63, 3.8) is 0 Å². The van der Waals surface area contributed by atoms with E-state index < -0.39 is 6.03 Å². The van der Waals surface area contributed by atoms with Crippen LogP contribution < -0.4 is 10.7 Å². The van der Waals surface area contributed by atoms with Crippen LogP contribution in [0.1, 0.15) is 0 Å². The molecule has 0 unspecified atom stereocenters. The van der Waals surface area contributed by atoms with Gasteiger partial charge in [-0.05, 0) is 24.3 Å². The topological polar surface area (TPSA) is 141 Å². The number of urea groups is 1. The number of amides is 2. The highest BCUT2D eigenvalue weighted by molar-refractivity contribution is 5.93. The Balaban J connectivity index is 1.62. The Labute approximate surface area is 161 Å². The maximum atomic E-state index is 12.4. The van der Waals surface area contributed by atoms with Crippen LogP contribution in [0.5, 0.6) is 0 Å². The van der Waals surface area contributed by atoms with Gasteiger partial charge in [-0.25, -0.2) is 14.5 Å². The van der Waals surface area contributed by atoms with Crippen molar-refractivity contribution in [2.24, 2.45) is 12.0 Å². The van der Waals surface area contributed by atoms with Gasteiger partial charge >= 0.3 is 6.03 Å². The number of pyridine rings is 1. The Morgan fingerprint density at radius 2 is 2.03 bits per heavy atom. The molecule has 2 N–H and O–H groups in total. The van der Waals surface area contributed by atoms with Crippen LogP contribution in [0.2, 0.25) is 0 Å². The van der Waals surface area contributed by atoms with E-state index in [9.17, 15) is 10.0 Å². The van der Waals surface area contributed by atoms with E-state index in [1.807, 2.05) is 0 Å². The molecule has 29 heavy (non-hydrogen) atoms. The maximum absolute atomic E-state index is 12.4. The van der Waals surface area contributed by atoms with Gasteiger partial charge in [0.15, 0.2) is 17.1 Å². The second kappa shape index (κ2) is 6.30. The summed E-state index contributed by atoms with van der Waals surface area (Å²) < 4.78 is 9.22. The van der Waals surface area contributed by atoms with E-state index in [-0.39, 0.29) is 5.95 Å². The molecule has 0 aliphatic heterocycles. The molecule has 0 aromatic carbocycles. The first-order valence-electron chi connectivity index (χ1n) is 8.44. The summed E-state index contributed by atoms with van der Waals surface area (Å²) in [6.07, 6.45) is 6.00. The highest BCUT2D eigenvalue weighted by Crippen LogP contribution is 2.23. The van der Waals surface area contributed by atoms with Gasteiger partial charge in [-0.1, -0.05) is 0 Å². The molecule has 0 spiro atoms. The third-order valence-electron chi connectivity index (χ3n) is 4.06. The minimum atomic E-state index is -0.667. The van der Waals surface area contributed by atoms with Crippen LogP contribution in [-0.4, -0.2) is 45.3 Å². The minimum absolute atomic E-state index is 0.110. The zero-order valence-electron chi connectivity index (χ0n) is 15.0. The number of nitrogens with zero attached hydrogens (tertiary/aromatic N) is 8. The fourth-order valence-electron chi connectivity index (χ4n) is 2.82. The SMILES string of the molecule is Cn1cc2c(nc(NC(=O)N=c3ccn(O)cc3)n3nc(-c4ccco4)nc23)n1. The normalized spacial score (nSPS) is 11.2. The molecule has 0 fully saturated rings. The second-order valence-electron chi connectivity index (χ2n) is 6.10. The van der Waals surface area contributed by atoms with Gasteiger partial charge in [-0.3, -0.25) is 10.00 Å². The number of hydrogen-bond donors (Lipinski definition) is 2. The zero-order valence-corrected chi connectivity index (χ0v) is 15.0. The summed E-state index contributed by atoms with van der Waals surface area (Å²) >= 11 is 0. The fraction of sp³-hybridized carbons (Fsp3) is 0.0588. The summed E-state index contributed by atoms with van der Waals surface area (Å²) in [7, 11) is 1.76. The molecular weight excluding hydrogens is 378 g/mol. The lowest BCUT2D eigenvalue weighted by atomic mass is 10.4. The quantitative estimate of drug-likeness (QED) is 0.434. The third-order valence-corrected chi connectivity index (χ3v) is 4.06. The molecular formula is C17H13N9O3. The first kappa shape index (κ1) is 16.7. The number of aromatic nitrogens is 7. The van der Waals surface area contributed by atoms with E-state index in [1.54, 1.807) is 30.1 Å². The maximum Gasteiger partial charge on any atom is 0.348 e. The van der Waals surface area contributed by atoms with Gasteiger partial charge in [-0.15, -0.1) is 5.10 Å². The summed E-state index contributed by atoms with van der Waals surface area (Å²) in [5.74, 6) is 0.934. The van der Waals surface area contributed by atoms with Crippen molar-refractivity contribution in [1.29, 1.82) is 0 Å². The molecule has 0 bridgehead atoms. The molecule has 5 aromatic heterocycles. The number of carbonyl (C=O) groups is 1. The summed E-state index contributed by atoms with van der Waals surface area (Å²) in [6, 6.07) is 5.76. The van der Waals surface area contributed by atoms with Crippen molar-refractivity contribution >= 4 is 28.7 Å². The number of aryl methyl sites for hydroxylation is 1. The van der Waals surface area contributed by atoms with Crippen LogP contribution in [0, 0.1) is 0 Å². The predicted molar refractivity (Wildman–Crippen MR) is 99.0 cm³/mol. The van der Waals surface area contributed by atoms with Crippen LogP contribution in [0.4, 0.5) is 10.7 Å². The van der Waals surface area contributed by atoms with Crippen molar-refractivity contribution in [3.05, 3.63) is 54.5 Å². The molecule has 0 saturated carbocycles. The van der Waals surface area contributed by atoms with Crippen molar-refractivity contribution in [2.75, 3.05) is 5.32 Å². The first-order chi connectivity index (χ1) is 14.1. The van der Waals surface area contributed by atoms with Gasteiger partial charge in [0.05, 0.1) is 17.0 Å². The molecule has 0 aliphatic carbocycles. The monoisotopic (exact) mass is 391 g/mol. The van der Waals surface area contributed by atoms with Gasteiger partial charge in [0.2, 0.25) is 11.8 Å². The van der Waals surface area contributed by atoms with Crippen LogP contribution in [0.3, 0.4) is 0 Å². The molecule has 5 aromatic rings. The van der Waals surface area contributed by atoms with Crippen molar-refractivity contribution in [1.82, 2.24) is 34.1 Å². The van der Waals surface area contributed by atoms with E-state index >= 15 is 0 Å². The molecule has 2 amide bonds. The zero-order chi connectivity index (χ0) is 20.0. The number of nitrogens with one attached hydrogen (secondary N) is 1. The Morgan fingerprint density at radius 3 is 2.79 bits per heavy atom. The smallest absolute Gasteiger partial charge is 0.348 e. The summed E-state index contributed by atoms with van der Waals surface area (Å²) in [5, 5.41) is 21.6. The molecule has 0 radical (unpaired) electrons. The lowest BCUT2D eigenvalue weighted by Gasteiger charge is -2.03. The van der Waals surface area contributed by atoms with E-state index in [0.29, 0.717) is 33.6 Å². The number of anilines is 1. The molecule has 5 heterocycles. The number of hydrogen-bond acceptors (Lipinski definition) is 7. The first-order valence-corrected chi connectivity index (χ1v) is 8.44. The lowest BCUT2D eigenvalue weighted by Crippen LogP contribution is -2.16. The largest absolute Gasteiger partial charge is 0.461 e. The molecule has 12 nitrogen and oxygen atoms in total. The van der Waals surface area contributed by atoms with Crippen molar-refractivity contribution < 1.29 is 14.4 Å².